The zero-order valence-corrected chi connectivity index (χ0v) is 11.4. The molecule has 98 valence electrons. The summed E-state index contributed by atoms with van der Waals surface area (Å²) in [6.07, 6.45) is 3.65. The van der Waals surface area contributed by atoms with Gasteiger partial charge in [0.15, 0.2) is 0 Å². The summed E-state index contributed by atoms with van der Waals surface area (Å²) in [6, 6.07) is 18.5. The summed E-state index contributed by atoms with van der Waals surface area (Å²) in [5.74, 6) is 0. The topological polar surface area (TPSA) is 38.9 Å². The number of nitrogens with zero attached hydrogens (tertiary/aromatic N) is 1. The zero-order chi connectivity index (χ0) is 13.9. The third kappa shape index (κ3) is 2.41. The molecule has 2 heteroatoms. The monoisotopic (exact) mass is 260 g/mol. The summed E-state index contributed by atoms with van der Waals surface area (Å²) in [4.78, 5) is 4.20. The second kappa shape index (κ2) is 5.17. The van der Waals surface area contributed by atoms with Gasteiger partial charge in [0.2, 0.25) is 0 Å². The maximum absolute atomic E-state index is 5.95. The maximum Gasteiger partial charge on any atom is 0.0346 e. The molecule has 3 aromatic rings. The van der Waals surface area contributed by atoms with E-state index in [1.54, 1.807) is 6.20 Å². The molecular formula is C18H16N2. The molecule has 0 spiro atoms. The molecule has 0 aliphatic heterocycles. The largest absolute Gasteiger partial charge is 0.399 e. The number of anilines is 1. The Morgan fingerprint density at radius 1 is 0.850 bits per heavy atom. The molecule has 0 aliphatic rings. The molecule has 0 saturated heterocycles. The van der Waals surface area contributed by atoms with Crippen molar-refractivity contribution in [2.75, 3.05) is 5.73 Å². The molecule has 0 aliphatic carbocycles. The van der Waals surface area contributed by atoms with Crippen LogP contribution in [-0.4, -0.2) is 4.98 Å². The molecule has 2 aromatic carbocycles. The van der Waals surface area contributed by atoms with Crippen molar-refractivity contribution < 1.29 is 0 Å². The molecule has 3 rings (SSSR count). The Morgan fingerprint density at radius 3 is 2.35 bits per heavy atom. The molecular weight excluding hydrogens is 244 g/mol. The van der Waals surface area contributed by atoms with Gasteiger partial charge >= 0.3 is 0 Å². The first-order valence-electron chi connectivity index (χ1n) is 6.61. The van der Waals surface area contributed by atoms with E-state index in [4.69, 9.17) is 5.73 Å². The van der Waals surface area contributed by atoms with Gasteiger partial charge in [-0.25, -0.2) is 0 Å². The number of hydrogen-bond donors (Lipinski definition) is 1. The number of aromatic nitrogens is 1. The van der Waals surface area contributed by atoms with Crippen molar-refractivity contribution in [3.8, 4) is 22.3 Å². The van der Waals surface area contributed by atoms with Crippen LogP contribution in [-0.2, 0) is 0 Å². The van der Waals surface area contributed by atoms with Crippen LogP contribution in [0.4, 0.5) is 5.69 Å². The minimum absolute atomic E-state index is 0.764. The first kappa shape index (κ1) is 12.4. The van der Waals surface area contributed by atoms with Crippen molar-refractivity contribution in [3.05, 3.63) is 72.6 Å². The number of rotatable bonds is 2. The third-order valence-electron chi connectivity index (χ3n) is 3.38. The number of pyridine rings is 1. The van der Waals surface area contributed by atoms with E-state index in [2.05, 4.69) is 48.3 Å². The fraction of sp³-hybridized carbons (Fsp3) is 0.0556. The molecule has 1 heterocycles. The van der Waals surface area contributed by atoms with E-state index in [0.29, 0.717) is 0 Å². The van der Waals surface area contributed by atoms with Gasteiger partial charge in [0.25, 0.3) is 0 Å². The fourth-order valence-electron chi connectivity index (χ4n) is 2.31. The molecule has 0 amide bonds. The first-order chi connectivity index (χ1) is 9.74. The summed E-state index contributed by atoms with van der Waals surface area (Å²) in [7, 11) is 0. The standard InChI is InChI=1S/C18H16N2/c1-13-4-6-14(7-5-13)17-9-8-16(19)11-18(17)15-3-2-10-20-12-15/h2-12H,19H2,1H3. The van der Waals surface area contributed by atoms with Gasteiger partial charge in [-0.2, -0.15) is 0 Å². The van der Waals surface area contributed by atoms with Crippen molar-refractivity contribution in [3.63, 3.8) is 0 Å². The number of nitrogens with two attached hydrogens (primary N) is 1. The highest BCUT2D eigenvalue weighted by molar-refractivity contribution is 5.85. The predicted molar refractivity (Wildman–Crippen MR) is 84.3 cm³/mol. The van der Waals surface area contributed by atoms with Crippen LogP contribution in [0.15, 0.2) is 67.0 Å². The normalized spacial score (nSPS) is 10.4. The van der Waals surface area contributed by atoms with Gasteiger partial charge in [-0.05, 0) is 41.8 Å². The molecule has 0 atom stereocenters. The van der Waals surface area contributed by atoms with E-state index >= 15 is 0 Å². The summed E-state index contributed by atoms with van der Waals surface area (Å²) < 4.78 is 0. The Morgan fingerprint density at radius 2 is 1.65 bits per heavy atom. The Balaban J connectivity index is 2.19. The highest BCUT2D eigenvalue weighted by Crippen LogP contribution is 2.33. The van der Waals surface area contributed by atoms with Gasteiger partial charge in [0, 0.05) is 23.6 Å². The Bertz CT molecular complexity index is 716. The SMILES string of the molecule is Cc1ccc(-c2ccc(N)cc2-c2cccnc2)cc1. The average Bonchev–Trinajstić information content (AvgIpc) is 2.49. The van der Waals surface area contributed by atoms with Crippen LogP contribution in [0.5, 0.6) is 0 Å². The Kier molecular flexibility index (Phi) is 3.21. The molecule has 0 saturated carbocycles. The number of benzene rings is 2. The fourth-order valence-corrected chi connectivity index (χ4v) is 2.31. The predicted octanol–water partition coefficient (Wildman–Crippen LogP) is 4.31. The van der Waals surface area contributed by atoms with Crippen LogP contribution >= 0.6 is 0 Å². The van der Waals surface area contributed by atoms with E-state index in [0.717, 1.165) is 16.8 Å². The summed E-state index contributed by atoms with van der Waals surface area (Å²) in [5, 5.41) is 0. The molecule has 0 fully saturated rings. The average molecular weight is 260 g/mol. The highest BCUT2D eigenvalue weighted by atomic mass is 14.6. The van der Waals surface area contributed by atoms with Crippen LogP contribution in [0.3, 0.4) is 0 Å². The Hall–Kier alpha value is -2.61. The van der Waals surface area contributed by atoms with Gasteiger partial charge in [0.05, 0.1) is 0 Å². The third-order valence-corrected chi connectivity index (χ3v) is 3.38. The second-order valence-electron chi connectivity index (χ2n) is 4.91. The van der Waals surface area contributed by atoms with E-state index < -0.39 is 0 Å². The summed E-state index contributed by atoms with van der Waals surface area (Å²) in [6.45, 7) is 2.09. The van der Waals surface area contributed by atoms with Crippen LogP contribution in [0.1, 0.15) is 5.56 Å². The summed E-state index contributed by atoms with van der Waals surface area (Å²) in [5.41, 5.74) is 12.5. The number of nitrogen functional groups attached to an aromatic ring is 1. The second-order valence-corrected chi connectivity index (χ2v) is 4.91. The lowest BCUT2D eigenvalue weighted by molar-refractivity contribution is 1.33. The molecule has 2 N–H and O–H groups in total. The molecule has 0 radical (unpaired) electrons. The van der Waals surface area contributed by atoms with E-state index in [9.17, 15) is 0 Å². The van der Waals surface area contributed by atoms with Crippen molar-refractivity contribution in [2.24, 2.45) is 0 Å². The van der Waals surface area contributed by atoms with E-state index in [1.165, 1.54) is 16.7 Å². The van der Waals surface area contributed by atoms with E-state index in [1.807, 2.05) is 24.4 Å². The van der Waals surface area contributed by atoms with Crippen LogP contribution < -0.4 is 5.73 Å². The lowest BCUT2D eigenvalue weighted by atomic mass is 9.94. The quantitative estimate of drug-likeness (QED) is 0.697. The van der Waals surface area contributed by atoms with Crippen molar-refractivity contribution in [1.82, 2.24) is 4.98 Å². The van der Waals surface area contributed by atoms with Crippen molar-refractivity contribution >= 4 is 5.69 Å². The van der Waals surface area contributed by atoms with Gasteiger partial charge in [0.1, 0.15) is 0 Å². The Labute approximate surface area is 118 Å². The van der Waals surface area contributed by atoms with Crippen LogP contribution in [0, 0.1) is 6.92 Å². The zero-order valence-electron chi connectivity index (χ0n) is 11.4. The minimum Gasteiger partial charge on any atom is -0.399 e. The maximum atomic E-state index is 5.95. The highest BCUT2D eigenvalue weighted by Gasteiger charge is 2.08. The molecule has 20 heavy (non-hydrogen) atoms. The number of aryl methyl sites for hydroxylation is 1. The molecule has 0 bridgehead atoms. The molecule has 1 aromatic heterocycles. The van der Waals surface area contributed by atoms with Crippen LogP contribution in [0.2, 0.25) is 0 Å². The van der Waals surface area contributed by atoms with Crippen molar-refractivity contribution in [2.45, 2.75) is 6.92 Å². The van der Waals surface area contributed by atoms with Crippen molar-refractivity contribution in [1.29, 1.82) is 0 Å². The lowest BCUT2D eigenvalue weighted by Crippen LogP contribution is -1.90. The smallest absolute Gasteiger partial charge is 0.0346 e. The number of hydrogen-bond acceptors (Lipinski definition) is 2. The van der Waals surface area contributed by atoms with Gasteiger partial charge in [-0.15, -0.1) is 0 Å². The molecule has 2 nitrogen and oxygen atoms in total. The van der Waals surface area contributed by atoms with Gasteiger partial charge in [-0.3, -0.25) is 4.98 Å². The minimum atomic E-state index is 0.764. The first-order valence-corrected chi connectivity index (χ1v) is 6.61. The summed E-state index contributed by atoms with van der Waals surface area (Å²) >= 11 is 0. The van der Waals surface area contributed by atoms with Crippen LogP contribution in [0.25, 0.3) is 22.3 Å². The molecule has 0 unspecified atom stereocenters. The lowest BCUT2D eigenvalue weighted by Gasteiger charge is -2.11. The van der Waals surface area contributed by atoms with Gasteiger partial charge < -0.3 is 5.73 Å². The van der Waals surface area contributed by atoms with E-state index in [-0.39, 0.29) is 0 Å². The van der Waals surface area contributed by atoms with Gasteiger partial charge in [-0.1, -0.05) is 42.0 Å².